The Labute approximate surface area is 214 Å². The van der Waals surface area contributed by atoms with Crippen molar-refractivity contribution in [1.82, 2.24) is 10.6 Å². The quantitative estimate of drug-likeness (QED) is 0.463. The van der Waals surface area contributed by atoms with E-state index in [-0.39, 0.29) is 23.8 Å². The van der Waals surface area contributed by atoms with Gasteiger partial charge in [0.25, 0.3) is 0 Å². The molecule has 3 aromatic carbocycles. The highest BCUT2D eigenvalue weighted by atomic mass is 16.4. The largest absolute Gasteiger partial charge is 0.481 e. The highest BCUT2D eigenvalue weighted by Crippen LogP contribution is 2.31. The fourth-order valence-corrected chi connectivity index (χ4v) is 5.29. The van der Waals surface area contributed by atoms with Crippen molar-refractivity contribution in [2.45, 2.75) is 56.4 Å². The molecule has 3 aromatic rings. The first-order valence-corrected chi connectivity index (χ1v) is 13.0. The number of carboxylic acid groups (broad SMARTS) is 1. The number of aryl methyl sites for hydroxylation is 1. The lowest BCUT2D eigenvalue weighted by Crippen LogP contribution is -2.49. The van der Waals surface area contributed by atoms with Gasteiger partial charge in [-0.05, 0) is 61.4 Å². The van der Waals surface area contributed by atoms with E-state index < -0.39 is 5.97 Å². The number of hydrogen-bond donors (Lipinski definition) is 3. The van der Waals surface area contributed by atoms with E-state index in [1.165, 1.54) is 11.1 Å². The maximum atomic E-state index is 12.7. The summed E-state index contributed by atoms with van der Waals surface area (Å²) in [6.07, 6.45) is 3.77. The molecule has 1 heterocycles. The molecule has 36 heavy (non-hydrogen) atoms. The van der Waals surface area contributed by atoms with E-state index >= 15 is 0 Å². The van der Waals surface area contributed by atoms with Gasteiger partial charge in [-0.2, -0.15) is 0 Å². The van der Waals surface area contributed by atoms with Crippen LogP contribution in [-0.2, 0) is 16.0 Å². The smallest absolute Gasteiger partial charge is 0.310 e. The van der Waals surface area contributed by atoms with Crippen LogP contribution in [0.4, 0.5) is 0 Å². The minimum atomic E-state index is -0.688. The van der Waals surface area contributed by atoms with Gasteiger partial charge >= 0.3 is 5.97 Å². The fraction of sp³-hybridized carbons (Fsp3) is 0.355. The predicted molar refractivity (Wildman–Crippen MR) is 143 cm³/mol. The molecule has 4 unspecified atom stereocenters. The third kappa shape index (κ3) is 6.41. The summed E-state index contributed by atoms with van der Waals surface area (Å²) < 4.78 is 0. The summed E-state index contributed by atoms with van der Waals surface area (Å²) in [7, 11) is 0. The van der Waals surface area contributed by atoms with E-state index in [4.69, 9.17) is 5.11 Å². The molecule has 4 atom stereocenters. The Bertz CT molecular complexity index is 1130. The van der Waals surface area contributed by atoms with Crippen molar-refractivity contribution in [1.29, 1.82) is 0 Å². The summed E-state index contributed by atoms with van der Waals surface area (Å²) in [6.45, 7) is 3.84. The number of rotatable bonds is 5. The molecule has 0 saturated carbocycles. The van der Waals surface area contributed by atoms with Gasteiger partial charge in [-0.25, -0.2) is 0 Å². The van der Waals surface area contributed by atoms with Crippen LogP contribution in [0.3, 0.4) is 0 Å². The van der Waals surface area contributed by atoms with Gasteiger partial charge in [0.1, 0.15) is 0 Å². The zero-order valence-electron chi connectivity index (χ0n) is 20.9. The Morgan fingerprint density at radius 3 is 2.31 bits per heavy atom. The van der Waals surface area contributed by atoms with E-state index in [1.807, 2.05) is 67.6 Å². The van der Waals surface area contributed by atoms with Gasteiger partial charge in [-0.15, -0.1) is 0 Å². The number of benzene rings is 3. The normalized spacial score (nSPS) is 21.8. The number of fused-ring (bicyclic) bond motifs is 1. The maximum absolute atomic E-state index is 12.7. The second-order valence-corrected chi connectivity index (χ2v) is 9.74. The average molecular weight is 485 g/mol. The van der Waals surface area contributed by atoms with Gasteiger partial charge in [0.15, 0.2) is 0 Å². The van der Waals surface area contributed by atoms with Gasteiger partial charge in [-0.3, -0.25) is 9.59 Å². The van der Waals surface area contributed by atoms with Crippen LogP contribution in [0.1, 0.15) is 66.2 Å². The molecule has 0 radical (unpaired) electrons. The second kappa shape index (κ2) is 12.5. The number of carbonyl (C=O) groups is 2. The number of carbonyl (C=O) groups excluding carboxylic acids is 1. The van der Waals surface area contributed by atoms with Crippen molar-refractivity contribution >= 4 is 11.9 Å². The van der Waals surface area contributed by atoms with E-state index in [0.717, 1.165) is 49.9 Å². The molecular weight excluding hydrogens is 448 g/mol. The fourth-order valence-electron chi connectivity index (χ4n) is 5.29. The molecule has 3 N–H and O–H groups in total. The molecular formula is C31H36N2O3. The Hall–Kier alpha value is -3.44. The number of hydrogen-bond acceptors (Lipinski definition) is 3. The molecule has 0 spiro atoms. The number of piperidine rings is 1. The zero-order valence-corrected chi connectivity index (χ0v) is 20.9. The summed E-state index contributed by atoms with van der Waals surface area (Å²) in [5, 5.41) is 15.7. The first kappa shape index (κ1) is 25.6. The lowest BCUT2D eigenvalue weighted by atomic mass is 9.83. The summed E-state index contributed by atoms with van der Waals surface area (Å²) in [5.41, 5.74) is 4.58. The lowest BCUT2D eigenvalue weighted by molar-refractivity contribution is -0.139. The maximum Gasteiger partial charge on any atom is 0.310 e. The van der Waals surface area contributed by atoms with Crippen LogP contribution in [0.5, 0.6) is 0 Å². The van der Waals surface area contributed by atoms with Crippen molar-refractivity contribution < 1.29 is 14.7 Å². The standard InChI is InChI=1S/C20H24N2O.C11H12O2/c1-15(16-8-4-2-5-9-16)20(23)22-19-12-13-21-14-18(19)17-10-6-3-7-11-17;12-11(13)10-7-3-5-8-4-1-2-6-9(8)10/h2-11,15,18-19,21H,12-14H2,1H3,(H,22,23);1-2,4,6,10H,3,5,7H2,(H,12,13). The third-order valence-corrected chi connectivity index (χ3v) is 7.40. The van der Waals surface area contributed by atoms with Gasteiger partial charge in [0, 0.05) is 18.5 Å². The Balaban J connectivity index is 0.000000197. The Morgan fingerprint density at radius 1 is 0.917 bits per heavy atom. The molecule has 1 saturated heterocycles. The molecule has 0 aromatic heterocycles. The molecule has 5 nitrogen and oxygen atoms in total. The van der Waals surface area contributed by atoms with Gasteiger partial charge in [0.05, 0.1) is 11.8 Å². The number of nitrogens with one attached hydrogen (secondary N) is 2. The van der Waals surface area contributed by atoms with E-state index in [2.05, 4.69) is 34.9 Å². The van der Waals surface area contributed by atoms with Crippen LogP contribution in [0, 0.1) is 0 Å². The van der Waals surface area contributed by atoms with Crippen molar-refractivity contribution in [3.8, 4) is 0 Å². The summed E-state index contributed by atoms with van der Waals surface area (Å²) >= 11 is 0. The zero-order chi connectivity index (χ0) is 25.3. The van der Waals surface area contributed by atoms with Crippen molar-refractivity contribution in [2.24, 2.45) is 0 Å². The molecule has 1 aliphatic carbocycles. The first-order chi connectivity index (χ1) is 17.5. The van der Waals surface area contributed by atoms with Crippen molar-refractivity contribution in [2.75, 3.05) is 13.1 Å². The Kier molecular flexibility index (Phi) is 8.90. The summed E-state index contributed by atoms with van der Waals surface area (Å²) in [6, 6.07) is 28.5. The monoisotopic (exact) mass is 484 g/mol. The van der Waals surface area contributed by atoms with Crippen molar-refractivity contribution in [3.05, 3.63) is 107 Å². The topological polar surface area (TPSA) is 78.4 Å². The van der Waals surface area contributed by atoms with Gasteiger partial charge in [0.2, 0.25) is 5.91 Å². The van der Waals surface area contributed by atoms with E-state index in [1.54, 1.807) is 0 Å². The van der Waals surface area contributed by atoms with Crippen LogP contribution in [0.15, 0.2) is 84.9 Å². The molecule has 188 valence electrons. The minimum absolute atomic E-state index is 0.115. The molecule has 2 aliphatic rings. The second-order valence-electron chi connectivity index (χ2n) is 9.74. The van der Waals surface area contributed by atoms with Gasteiger partial charge in [-0.1, -0.05) is 84.9 Å². The van der Waals surface area contributed by atoms with Crippen LogP contribution in [0.25, 0.3) is 0 Å². The molecule has 1 aliphatic heterocycles. The molecule has 5 rings (SSSR count). The van der Waals surface area contributed by atoms with Crippen molar-refractivity contribution in [3.63, 3.8) is 0 Å². The number of aliphatic carboxylic acids is 1. The highest BCUT2D eigenvalue weighted by Gasteiger charge is 2.29. The molecule has 1 fully saturated rings. The third-order valence-electron chi connectivity index (χ3n) is 7.40. The number of carboxylic acids is 1. The van der Waals surface area contributed by atoms with Gasteiger partial charge < -0.3 is 15.7 Å². The number of amides is 1. The van der Waals surface area contributed by atoms with E-state index in [0.29, 0.717) is 5.92 Å². The molecule has 5 heteroatoms. The van der Waals surface area contributed by atoms with Crippen LogP contribution < -0.4 is 10.6 Å². The van der Waals surface area contributed by atoms with Crippen LogP contribution in [0.2, 0.25) is 0 Å². The summed E-state index contributed by atoms with van der Waals surface area (Å²) in [5.74, 6) is -0.638. The average Bonchev–Trinajstić information content (AvgIpc) is 2.94. The minimum Gasteiger partial charge on any atom is -0.481 e. The summed E-state index contributed by atoms with van der Waals surface area (Å²) in [4.78, 5) is 23.6. The van der Waals surface area contributed by atoms with Crippen LogP contribution in [-0.4, -0.2) is 36.1 Å². The first-order valence-electron chi connectivity index (χ1n) is 13.0. The SMILES string of the molecule is CC(C(=O)NC1CCNCC1c1ccccc1)c1ccccc1.O=C(O)C1CCCc2ccccc21. The Morgan fingerprint density at radius 2 is 1.58 bits per heavy atom. The van der Waals surface area contributed by atoms with Crippen LogP contribution >= 0.6 is 0 Å². The predicted octanol–water partition coefficient (Wildman–Crippen LogP) is 5.24. The highest BCUT2D eigenvalue weighted by molar-refractivity contribution is 5.83. The molecule has 1 amide bonds. The lowest BCUT2D eigenvalue weighted by Gasteiger charge is -2.34. The molecule has 0 bridgehead atoms. The van der Waals surface area contributed by atoms with E-state index in [9.17, 15) is 9.59 Å².